The van der Waals surface area contributed by atoms with Crippen LogP contribution in [0.1, 0.15) is 25.0 Å². The Morgan fingerprint density at radius 3 is 2.48 bits per heavy atom. The molecule has 1 heterocycles. The van der Waals surface area contributed by atoms with Crippen molar-refractivity contribution in [2.24, 2.45) is 0 Å². The van der Waals surface area contributed by atoms with Crippen molar-refractivity contribution in [3.63, 3.8) is 0 Å². The molecule has 2 aromatic rings. The second-order valence-electron chi connectivity index (χ2n) is 7.24. The van der Waals surface area contributed by atoms with Gasteiger partial charge in [0.1, 0.15) is 5.82 Å². The highest BCUT2D eigenvalue weighted by molar-refractivity contribution is 5.79. The number of nitrogens with zero attached hydrogens (tertiary/aromatic N) is 1. The van der Waals surface area contributed by atoms with Gasteiger partial charge in [-0.05, 0) is 37.1 Å². The lowest BCUT2D eigenvalue weighted by molar-refractivity contribution is -0.153. The Morgan fingerprint density at radius 1 is 1.12 bits per heavy atom. The van der Waals surface area contributed by atoms with E-state index in [1.54, 1.807) is 12.1 Å². The van der Waals surface area contributed by atoms with Crippen molar-refractivity contribution in [3.05, 3.63) is 71.5 Å². The maximum Gasteiger partial charge on any atom is 0.227 e. The van der Waals surface area contributed by atoms with Crippen LogP contribution in [0, 0.1) is 5.82 Å². The Hall–Kier alpha value is -2.20. The van der Waals surface area contributed by atoms with Crippen LogP contribution in [0.25, 0.3) is 0 Å². The average Bonchev–Trinajstić information content (AvgIpc) is 2.59. The van der Waals surface area contributed by atoms with Crippen molar-refractivity contribution in [3.8, 4) is 0 Å². The Labute approximate surface area is 148 Å². The van der Waals surface area contributed by atoms with Crippen LogP contribution in [0.2, 0.25) is 0 Å². The Morgan fingerprint density at radius 2 is 1.80 bits per heavy atom. The van der Waals surface area contributed by atoms with Gasteiger partial charge in [-0.25, -0.2) is 4.39 Å². The van der Waals surface area contributed by atoms with Gasteiger partial charge in [-0.2, -0.15) is 0 Å². The summed E-state index contributed by atoms with van der Waals surface area (Å²) < 4.78 is 19.0. The van der Waals surface area contributed by atoms with Crippen molar-refractivity contribution in [1.29, 1.82) is 0 Å². The first-order valence-corrected chi connectivity index (χ1v) is 8.64. The van der Waals surface area contributed by atoms with E-state index in [1.807, 2.05) is 36.9 Å². The van der Waals surface area contributed by atoms with E-state index in [0.717, 1.165) is 12.0 Å². The highest BCUT2D eigenvalue weighted by Gasteiger charge is 2.37. The van der Waals surface area contributed by atoms with E-state index in [0.29, 0.717) is 13.2 Å². The summed E-state index contributed by atoms with van der Waals surface area (Å²) >= 11 is 0. The average molecular weight is 341 g/mol. The molecule has 0 spiro atoms. The van der Waals surface area contributed by atoms with E-state index in [-0.39, 0.29) is 29.8 Å². The van der Waals surface area contributed by atoms with Crippen molar-refractivity contribution in [1.82, 2.24) is 4.90 Å². The summed E-state index contributed by atoms with van der Waals surface area (Å²) in [6.07, 6.45) is 1.06. The van der Waals surface area contributed by atoms with Crippen LogP contribution in [0.3, 0.4) is 0 Å². The minimum atomic E-state index is -0.343. The van der Waals surface area contributed by atoms with E-state index in [1.165, 1.54) is 17.7 Å². The number of halogens is 1. The molecule has 1 atom stereocenters. The molecule has 0 aromatic heterocycles. The highest BCUT2D eigenvalue weighted by Crippen LogP contribution is 2.25. The standard InChI is InChI=1S/C21H24FNO2/c1-21(2)15-25-19(12-16-6-4-3-5-7-16)14-23(21)20(24)13-17-8-10-18(22)11-9-17/h3-11,19H,12-15H2,1-2H3. The summed E-state index contributed by atoms with van der Waals surface area (Å²) in [5.41, 5.74) is 1.69. The molecular weight excluding hydrogens is 317 g/mol. The van der Waals surface area contributed by atoms with Crippen molar-refractivity contribution in [2.75, 3.05) is 13.2 Å². The van der Waals surface area contributed by atoms with E-state index in [9.17, 15) is 9.18 Å². The zero-order valence-electron chi connectivity index (χ0n) is 14.7. The topological polar surface area (TPSA) is 29.5 Å². The van der Waals surface area contributed by atoms with E-state index in [4.69, 9.17) is 4.74 Å². The van der Waals surface area contributed by atoms with Crippen LogP contribution in [-0.4, -0.2) is 35.6 Å². The molecule has 3 nitrogen and oxygen atoms in total. The number of ether oxygens (including phenoxy) is 1. The molecule has 0 radical (unpaired) electrons. The molecule has 25 heavy (non-hydrogen) atoms. The molecule has 1 aliphatic heterocycles. The predicted octanol–water partition coefficient (Wildman–Crippen LogP) is 3.62. The molecule has 1 amide bonds. The third-order valence-corrected chi connectivity index (χ3v) is 4.67. The summed E-state index contributed by atoms with van der Waals surface area (Å²) in [7, 11) is 0. The summed E-state index contributed by atoms with van der Waals surface area (Å²) in [6.45, 7) is 5.13. The second-order valence-corrected chi connectivity index (χ2v) is 7.24. The molecule has 2 aromatic carbocycles. The lowest BCUT2D eigenvalue weighted by Crippen LogP contribution is -2.59. The number of carbonyl (C=O) groups is 1. The van der Waals surface area contributed by atoms with Gasteiger partial charge in [-0.1, -0.05) is 42.5 Å². The normalized spacial score (nSPS) is 19.6. The maximum atomic E-state index is 13.0. The summed E-state index contributed by atoms with van der Waals surface area (Å²) in [5.74, 6) is -0.233. The first-order chi connectivity index (χ1) is 11.9. The number of benzene rings is 2. The van der Waals surface area contributed by atoms with Gasteiger partial charge < -0.3 is 9.64 Å². The van der Waals surface area contributed by atoms with Gasteiger partial charge in [-0.3, -0.25) is 4.79 Å². The molecule has 4 heteroatoms. The van der Waals surface area contributed by atoms with E-state index < -0.39 is 0 Å². The van der Waals surface area contributed by atoms with Gasteiger partial charge in [0.2, 0.25) is 5.91 Å². The van der Waals surface area contributed by atoms with Crippen LogP contribution in [0.5, 0.6) is 0 Å². The first-order valence-electron chi connectivity index (χ1n) is 8.64. The number of morpholine rings is 1. The van der Waals surface area contributed by atoms with E-state index in [2.05, 4.69) is 12.1 Å². The zero-order valence-corrected chi connectivity index (χ0v) is 14.7. The zero-order chi connectivity index (χ0) is 17.9. The van der Waals surface area contributed by atoms with Crippen LogP contribution in [0.15, 0.2) is 54.6 Å². The van der Waals surface area contributed by atoms with Crippen LogP contribution in [0.4, 0.5) is 4.39 Å². The third-order valence-electron chi connectivity index (χ3n) is 4.67. The fraction of sp³-hybridized carbons (Fsp3) is 0.381. The second kappa shape index (κ2) is 7.36. The lowest BCUT2D eigenvalue weighted by atomic mass is 9.97. The molecule has 0 N–H and O–H groups in total. The third kappa shape index (κ3) is 4.45. The Balaban J connectivity index is 1.68. The number of rotatable bonds is 4. The molecule has 1 fully saturated rings. The van der Waals surface area contributed by atoms with Crippen LogP contribution < -0.4 is 0 Å². The van der Waals surface area contributed by atoms with Crippen LogP contribution in [-0.2, 0) is 22.4 Å². The summed E-state index contributed by atoms with van der Waals surface area (Å²) in [5, 5.41) is 0. The van der Waals surface area contributed by atoms with E-state index >= 15 is 0 Å². The maximum absolute atomic E-state index is 13.0. The van der Waals surface area contributed by atoms with Gasteiger partial charge in [0.25, 0.3) is 0 Å². The lowest BCUT2D eigenvalue weighted by Gasteiger charge is -2.45. The Kier molecular flexibility index (Phi) is 5.19. The van der Waals surface area contributed by atoms with Crippen LogP contribution >= 0.6 is 0 Å². The highest BCUT2D eigenvalue weighted by atomic mass is 19.1. The molecule has 0 aliphatic carbocycles. The largest absolute Gasteiger partial charge is 0.374 e. The smallest absolute Gasteiger partial charge is 0.227 e. The summed E-state index contributed by atoms with van der Waals surface area (Å²) in [6, 6.07) is 16.3. The van der Waals surface area contributed by atoms with Gasteiger partial charge in [0, 0.05) is 13.0 Å². The van der Waals surface area contributed by atoms with Crippen molar-refractivity contribution >= 4 is 5.91 Å². The Bertz CT molecular complexity index is 712. The molecule has 1 saturated heterocycles. The number of amides is 1. The molecule has 0 bridgehead atoms. The fourth-order valence-corrected chi connectivity index (χ4v) is 3.22. The van der Waals surface area contributed by atoms with Crippen molar-refractivity contribution < 1.29 is 13.9 Å². The number of hydrogen-bond acceptors (Lipinski definition) is 2. The summed E-state index contributed by atoms with van der Waals surface area (Å²) in [4.78, 5) is 14.8. The molecule has 1 aliphatic rings. The molecule has 1 unspecified atom stereocenters. The minimum absolute atomic E-state index is 0.00686. The first kappa shape index (κ1) is 17.6. The molecule has 132 valence electrons. The van der Waals surface area contributed by atoms with Crippen molar-refractivity contribution in [2.45, 2.75) is 38.3 Å². The number of hydrogen-bond donors (Lipinski definition) is 0. The van der Waals surface area contributed by atoms with Gasteiger partial charge >= 0.3 is 0 Å². The monoisotopic (exact) mass is 341 g/mol. The molecule has 0 saturated carbocycles. The quantitative estimate of drug-likeness (QED) is 0.850. The molecular formula is C21H24FNO2. The predicted molar refractivity (Wildman–Crippen MR) is 95.8 cm³/mol. The van der Waals surface area contributed by atoms with Gasteiger partial charge in [-0.15, -0.1) is 0 Å². The fourth-order valence-electron chi connectivity index (χ4n) is 3.22. The minimum Gasteiger partial charge on any atom is -0.374 e. The van der Waals surface area contributed by atoms with Gasteiger partial charge in [0.15, 0.2) is 0 Å². The SMILES string of the molecule is CC1(C)COC(Cc2ccccc2)CN1C(=O)Cc1ccc(F)cc1. The number of carbonyl (C=O) groups excluding carboxylic acids is 1. The van der Waals surface area contributed by atoms with Gasteiger partial charge in [0.05, 0.1) is 24.7 Å². The molecule has 3 rings (SSSR count).